The Labute approximate surface area is 141 Å². The van der Waals surface area contributed by atoms with E-state index in [4.69, 9.17) is 4.74 Å². The van der Waals surface area contributed by atoms with Crippen molar-refractivity contribution < 1.29 is 4.74 Å². The second kappa shape index (κ2) is 5.28. The molecular formula is C18H23N5O. The van der Waals surface area contributed by atoms with Crippen LogP contribution in [0.1, 0.15) is 56.1 Å². The van der Waals surface area contributed by atoms with Crippen molar-refractivity contribution in [3.8, 4) is 0 Å². The third-order valence-electron chi connectivity index (χ3n) is 5.96. The predicted molar refractivity (Wildman–Crippen MR) is 90.0 cm³/mol. The van der Waals surface area contributed by atoms with Gasteiger partial charge < -0.3 is 9.64 Å². The molecule has 2 fully saturated rings. The Morgan fingerprint density at radius 1 is 1.21 bits per heavy atom. The fraction of sp³-hybridized carbons (Fsp3) is 0.611. The lowest BCUT2D eigenvalue weighted by Gasteiger charge is -2.35. The van der Waals surface area contributed by atoms with Gasteiger partial charge in [0.25, 0.3) is 0 Å². The highest BCUT2D eigenvalue weighted by molar-refractivity contribution is 5.63. The standard InChI is InChI=1S/C18H23N5O/c1-13(17-19-20-21-23(17)14-6-7-14)22-12-18(8-10-24-11-9-18)15-4-2-3-5-16(15)22/h2-5,13-14H,6-12H2,1H3. The lowest BCUT2D eigenvalue weighted by molar-refractivity contribution is 0.0549. The first-order chi connectivity index (χ1) is 11.8. The first-order valence-corrected chi connectivity index (χ1v) is 9.00. The van der Waals surface area contributed by atoms with Gasteiger partial charge in [-0.1, -0.05) is 18.2 Å². The largest absolute Gasteiger partial charge is 0.381 e. The van der Waals surface area contributed by atoms with E-state index >= 15 is 0 Å². The monoisotopic (exact) mass is 325 g/mol. The normalized spacial score (nSPS) is 23.5. The van der Waals surface area contributed by atoms with E-state index in [1.54, 1.807) is 0 Å². The lowest BCUT2D eigenvalue weighted by atomic mass is 9.76. The molecule has 1 atom stereocenters. The topological polar surface area (TPSA) is 56.1 Å². The molecule has 0 N–H and O–H groups in total. The Morgan fingerprint density at radius 3 is 2.79 bits per heavy atom. The average molecular weight is 325 g/mol. The van der Waals surface area contributed by atoms with Crippen molar-refractivity contribution in [1.29, 1.82) is 0 Å². The number of ether oxygens (including phenoxy) is 1. The number of aromatic nitrogens is 4. The number of hydrogen-bond donors (Lipinski definition) is 0. The zero-order valence-corrected chi connectivity index (χ0v) is 14.1. The third-order valence-corrected chi connectivity index (χ3v) is 5.96. The van der Waals surface area contributed by atoms with Crippen molar-refractivity contribution >= 4 is 5.69 Å². The summed E-state index contributed by atoms with van der Waals surface area (Å²) in [6, 6.07) is 9.55. The summed E-state index contributed by atoms with van der Waals surface area (Å²) >= 11 is 0. The number of anilines is 1. The van der Waals surface area contributed by atoms with E-state index in [9.17, 15) is 0 Å². The summed E-state index contributed by atoms with van der Waals surface area (Å²) in [5.74, 6) is 0.997. The number of para-hydroxylation sites is 1. The summed E-state index contributed by atoms with van der Waals surface area (Å²) in [5, 5.41) is 12.6. The smallest absolute Gasteiger partial charge is 0.173 e. The highest BCUT2D eigenvalue weighted by atomic mass is 16.5. The molecule has 5 rings (SSSR count). The molecule has 2 aromatic rings. The minimum absolute atomic E-state index is 0.184. The summed E-state index contributed by atoms with van der Waals surface area (Å²) in [4.78, 5) is 2.51. The number of nitrogens with zero attached hydrogens (tertiary/aromatic N) is 5. The van der Waals surface area contributed by atoms with Crippen LogP contribution in [0.4, 0.5) is 5.69 Å². The van der Waals surface area contributed by atoms with Crippen molar-refractivity contribution in [2.24, 2.45) is 0 Å². The number of hydrogen-bond acceptors (Lipinski definition) is 5. The Morgan fingerprint density at radius 2 is 2.00 bits per heavy atom. The molecule has 126 valence electrons. The van der Waals surface area contributed by atoms with E-state index in [0.717, 1.165) is 38.4 Å². The van der Waals surface area contributed by atoms with Crippen LogP contribution in [0.2, 0.25) is 0 Å². The first-order valence-electron chi connectivity index (χ1n) is 9.00. The van der Waals surface area contributed by atoms with Crippen molar-refractivity contribution in [3.05, 3.63) is 35.7 Å². The molecule has 6 nitrogen and oxygen atoms in total. The van der Waals surface area contributed by atoms with Gasteiger partial charge >= 0.3 is 0 Å². The van der Waals surface area contributed by atoms with Crippen LogP contribution in [0.5, 0.6) is 0 Å². The van der Waals surface area contributed by atoms with Gasteiger partial charge in [-0.3, -0.25) is 0 Å². The Hall–Kier alpha value is -1.95. The quantitative estimate of drug-likeness (QED) is 0.868. The molecule has 2 aliphatic heterocycles. The van der Waals surface area contributed by atoms with Gasteiger partial charge in [-0.05, 0) is 54.7 Å². The molecule has 1 unspecified atom stereocenters. The summed E-state index contributed by atoms with van der Waals surface area (Å²) in [5.41, 5.74) is 3.05. The lowest BCUT2D eigenvalue weighted by Crippen LogP contribution is -2.39. The first kappa shape index (κ1) is 14.4. The predicted octanol–water partition coefficient (Wildman–Crippen LogP) is 2.64. The zero-order chi connectivity index (χ0) is 16.1. The van der Waals surface area contributed by atoms with Gasteiger partial charge in [-0.15, -0.1) is 5.10 Å². The van der Waals surface area contributed by atoms with Gasteiger partial charge in [0.15, 0.2) is 5.82 Å². The Balaban J connectivity index is 1.53. The van der Waals surface area contributed by atoms with Crippen LogP contribution >= 0.6 is 0 Å². The van der Waals surface area contributed by atoms with Gasteiger partial charge in [0.1, 0.15) is 0 Å². The van der Waals surface area contributed by atoms with Gasteiger partial charge in [-0.25, -0.2) is 4.68 Å². The van der Waals surface area contributed by atoms with Crippen LogP contribution in [0.25, 0.3) is 0 Å². The van der Waals surface area contributed by atoms with Crippen LogP contribution in [-0.2, 0) is 10.2 Å². The zero-order valence-electron chi connectivity index (χ0n) is 14.1. The molecule has 1 aliphatic carbocycles. The maximum Gasteiger partial charge on any atom is 0.173 e. The van der Waals surface area contributed by atoms with E-state index in [-0.39, 0.29) is 11.5 Å². The Kier molecular flexibility index (Phi) is 3.16. The molecule has 24 heavy (non-hydrogen) atoms. The van der Waals surface area contributed by atoms with Crippen molar-refractivity contribution in [1.82, 2.24) is 20.2 Å². The molecule has 3 aliphatic rings. The highest BCUT2D eigenvalue weighted by Crippen LogP contribution is 2.49. The third kappa shape index (κ3) is 2.09. The molecule has 0 bridgehead atoms. The summed E-state index contributed by atoms with van der Waals surface area (Å²) < 4.78 is 7.69. The molecule has 1 spiro atoms. The van der Waals surface area contributed by atoms with Crippen molar-refractivity contribution in [2.45, 2.75) is 50.1 Å². The van der Waals surface area contributed by atoms with E-state index in [2.05, 4.69) is 51.6 Å². The molecule has 1 aromatic heterocycles. The molecular weight excluding hydrogens is 302 g/mol. The van der Waals surface area contributed by atoms with Crippen LogP contribution in [0.15, 0.2) is 24.3 Å². The van der Waals surface area contributed by atoms with Crippen LogP contribution in [0.3, 0.4) is 0 Å². The van der Waals surface area contributed by atoms with Crippen molar-refractivity contribution in [2.75, 3.05) is 24.7 Å². The molecule has 0 radical (unpaired) electrons. The van der Waals surface area contributed by atoms with Crippen molar-refractivity contribution in [3.63, 3.8) is 0 Å². The van der Waals surface area contributed by atoms with E-state index in [1.165, 1.54) is 24.1 Å². The van der Waals surface area contributed by atoms with Crippen LogP contribution in [0, 0.1) is 0 Å². The van der Waals surface area contributed by atoms with Gasteiger partial charge in [0, 0.05) is 30.9 Å². The van der Waals surface area contributed by atoms with E-state index in [1.807, 2.05) is 4.68 Å². The summed E-state index contributed by atoms with van der Waals surface area (Å²) in [7, 11) is 0. The van der Waals surface area contributed by atoms with Gasteiger partial charge in [0.2, 0.25) is 0 Å². The summed E-state index contributed by atoms with van der Waals surface area (Å²) in [6.07, 6.45) is 4.59. The minimum Gasteiger partial charge on any atom is -0.381 e. The van der Waals surface area contributed by atoms with Gasteiger partial charge in [0.05, 0.1) is 12.1 Å². The number of rotatable bonds is 3. The number of tetrazole rings is 1. The average Bonchev–Trinajstić information content (AvgIpc) is 3.28. The summed E-state index contributed by atoms with van der Waals surface area (Å²) in [6.45, 7) is 4.99. The van der Waals surface area contributed by atoms with Crippen LogP contribution in [-0.4, -0.2) is 40.0 Å². The molecule has 1 saturated carbocycles. The molecule has 6 heteroatoms. The highest BCUT2D eigenvalue weighted by Gasteiger charge is 2.45. The van der Waals surface area contributed by atoms with E-state index in [0.29, 0.717) is 6.04 Å². The Bertz CT molecular complexity index is 747. The maximum absolute atomic E-state index is 5.64. The molecule has 0 amide bonds. The fourth-order valence-electron chi connectivity index (χ4n) is 4.40. The van der Waals surface area contributed by atoms with E-state index < -0.39 is 0 Å². The second-order valence-electron chi connectivity index (χ2n) is 7.43. The molecule has 1 saturated heterocycles. The SMILES string of the molecule is CC(c1nnnn1C1CC1)N1CC2(CCOCC2)c2ccccc21. The van der Waals surface area contributed by atoms with Gasteiger partial charge in [-0.2, -0.15) is 0 Å². The fourth-order valence-corrected chi connectivity index (χ4v) is 4.40. The molecule has 1 aromatic carbocycles. The minimum atomic E-state index is 0.184. The molecule has 3 heterocycles. The number of fused-ring (bicyclic) bond motifs is 2. The maximum atomic E-state index is 5.64. The second-order valence-corrected chi connectivity index (χ2v) is 7.43. The number of benzene rings is 1. The van der Waals surface area contributed by atoms with Crippen LogP contribution < -0.4 is 4.90 Å².